The third-order valence-electron chi connectivity index (χ3n) is 3.94. The van der Waals surface area contributed by atoms with Crippen LogP contribution < -0.4 is 10.6 Å². The first kappa shape index (κ1) is 16.0. The molecule has 5 nitrogen and oxygen atoms in total. The van der Waals surface area contributed by atoms with E-state index in [4.69, 9.17) is 4.74 Å². The molecule has 1 aliphatic rings. The van der Waals surface area contributed by atoms with E-state index in [1.165, 1.54) is 16.9 Å². The third-order valence-corrected chi connectivity index (χ3v) is 4.81. The quantitative estimate of drug-likeness (QED) is 0.897. The largest absolute Gasteiger partial charge is 0.373 e. The summed E-state index contributed by atoms with van der Waals surface area (Å²) in [5, 5.41) is 8.26. The van der Waals surface area contributed by atoms with E-state index in [0.717, 1.165) is 25.1 Å². The molecule has 3 rings (SSSR count). The molecule has 1 aromatic heterocycles. The van der Waals surface area contributed by atoms with Crippen molar-refractivity contribution in [3.05, 3.63) is 47.0 Å². The van der Waals surface area contributed by atoms with Gasteiger partial charge in [-0.15, -0.1) is 11.3 Å². The van der Waals surface area contributed by atoms with Gasteiger partial charge in [0.1, 0.15) is 0 Å². The van der Waals surface area contributed by atoms with Crippen molar-refractivity contribution < 1.29 is 9.53 Å². The van der Waals surface area contributed by atoms with Crippen molar-refractivity contribution in [2.24, 2.45) is 5.92 Å². The molecule has 1 aliphatic heterocycles. The molecular weight excluding hydrogens is 310 g/mol. The van der Waals surface area contributed by atoms with Crippen LogP contribution in [0.3, 0.4) is 0 Å². The average Bonchev–Trinajstić information content (AvgIpc) is 2.99. The van der Waals surface area contributed by atoms with Crippen LogP contribution in [0.2, 0.25) is 0 Å². The molecule has 0 unspecified atom stereocenters. The number of nitrogens with one attached hydrogen (secondary N) is 2. The Bertz CT molecular complexity index is 644. The van der Waals surface area contributed by atoms with Crippen LogP contribution in [0.4, 0.5) is 9.93 Å². The summed E-state index contributed by atoms with van der Waals surface area (Å²) < 4.78 is 5.95. The third kappa shape index (κ3) is 4.30. The van der Waals surface area contributed by atoms with Crippen LogP contribution in [0.5, 0.6) is 0 Å². The maximum absolute atomic E-state index is 12.0. The van der Waals surface area contributed by atoms with E-state index in [0.29, 0.717) is 11.7 Å². The normalized spacial score (nSPS) is 20.9. The van der Waals surface area contributed by atoms with Crippen LogP contribution in [-0.4, -0.2) is 24.2 Å². The van der Waals surface area contributed by atoms with Crippen molar-refractivity contribution in [1.29, 1.82) is 0 Å². The number of urea groups is 1. The second kappa shape index (κ2) is 7.57. The zero-order valence-corrected chi connectivity index (χ0v) is 13.9. The van der Waals surface area contributed by atoms with E-state index in [9.17, 15) is 4.79 Å². The average molecular weight is 331 g/mol. The molecule has 2 heterocycles. The second-order valence-corrected chi connectivity index (χ2v) is 6.59. The molecule has 2 N–H and O–H groups in total. The summed E-state index contributed by atoms with van der Waals surface area (Å²) in [6.45, 7) is 3.28. The van der Waals surface area contributed by atoms with Gasteiger partial charge in [0.25, 0.3) is 0 Å². The molecule has 0 aliphatic carbocycles. The molecule has 2 amide bonds. The number of aryl methyl sites for hydroxylation is 1. The minimum atomic E-state index is -0.211. The minimum absolute atomic E-state index is 0.0485. The van der Waals surface area contributed by atoms with Crippen LogP contribution in [0, 0.1) is 12.8 Å². The molecule has 2 aromatic rings. The van der Waals surface area contributed by atoms with Crippen molar-refractivity contribution in [2.45, 2.75) is 25.9 Å². The molecular formula is C17H21N3O2S. The van der Waals surface area contributed by atoms with Crippen LogP contribution in [0.25, 0.3) is 0 Å². The molecule has 23 heavy (non-hydrogen) atoms. The maximum Gasteiger partial charge on any atom is 0.321 e. The first-order chi connectivity index (χ1) is 11.2. The number of hydrogen-bond acceptors (Lipinski definition) is 4. The van der Waals surface area contributed by atoms with E-state index in [2.05, 4.69) is 27.8 Å². The predicted molar refractivity (Wildman–Crippen MR) is 91.7 cm³/mol. The number of nitrogens with zero attached hydrogens (tertiary/aromatic N) is 1. The molecule has 1 saturated heterocycles. The van der Waals surface area contributed by atoms with Gasteiger partial charge in [-0.05, 0) is 25.3 Å². The Labute approximate surface area is 140 Å². The van der Waals surface area contributed by atoms with Gasteiger partial charge in [-0.2, -0.15) is 0 Å². The lowest BCUT2D eigenvalue weighted by Gasteiger charge is -2.32. The molecule has 122 valence electrons. The molecule has 6 heteroatoms. The SMILES string of the molecule is Cc1csc(NC(=O)NC[C@H]2CCCO[C@H]2c2ccccc2)n1. The number of benzene rings is 1. The highest BCUT2D eigenvalue weighted by Crippen LogP contribution is 2.33. The maximum atomic E-state index is 12.0. The van der Waals surface area contributed by atoms with Gasteiger partial charge in [0.15, 0.2) is 5.13 Å². The van der Waals surface area contributed by atoms with E-state index < -0.39 is 0 Å². The lowest BCUT2D eigenvalue weighted by Crippen LogP contribution is -2.37. The Kier molecular flexibility index (Phi) is 5.25. The number of aromatic nitrogens is 1. The lowest BCUT2D eigenvalue weighted by molar-refractivity contribution is -0.0268. The van der Waals surface area contributed by atoms with Crippen molar-refractivity contribution in [2.75, 3.05) is 18.5 Å². The standard InChI is InChI=1S/C17H21N3O2S/c1-12-11-23-17(19-12)20-16(21)18-10-14-8-5-9-22-15(14)13-6-3-2-4-7-13/h2-4,6-7,11,14-15H,5,8-10H2,1H3,(H2,18,19,20,21)/t14-,15+/m1/s1. The number of carbonyl (C=O) groups excluding carboxylic acids is 1. The molecule has 1 aromatic carbocycles. The fraction of sp³-hybridized carbons (Fsp3) is 0.412. The summed E-state index contributed by atoms with van der Waals surface area (Å²) >= 11 is 1.43. The first-order valence-electron chi connectivity index (χ1n) is 7.86. The zero-order chi connectivity index (χ0) is 16.1. The number of thiazole rings is 1. The Morgan fingerprint density at radius 3 is 2.96 bits per heavy atom. The van der Waals surface area contributed by atoms with Crippen LogP contribution >= 0.6 is 11.3 Å². The highest BCUT2D eigenvalue weighted by atomic mass is 32.1. The van der Waals surface area contributed by atoms with Gasteiger partial charge >= 0.3 is 6.03 Å². The zero-order valence-electron chi connectivity index (χ0n) is 13.1. The Hall–Kier alpha value is -1.92. The predicted octanol–water partition coefficient (Wildman–Crippen LogP) is 3.74. The number of hydrogen-bond donors (Lipinski definition) is 2. The Morgan fingerprint density at radius 1 is 1.39 bits per heavy atom. The number of rotatable bonds is 4. The first-order valence-corrected chi connectivity index (χ1v) is 8.74. The van der Waals surface area contributed by atoms with Gasteiger partial charge in [-0.25, -0.2) is 9.78 Å². The number of ether oxygens (including phenoxy) is 1. The summed E-state index contributed by atoms with van der Waals surface area (Å²) in [6, 6.07) is 10.0. The van der Waals surface area contributed by atoms with Gasteiger partial charge in [0.2, 0.25) is 0 Å². The van der Waals surface area contributed by atoms with E-state index in [-0.39, 0.29) is 18.1 Å². The molecule has 0 bridgehead atoms. The molecule has 0 saturated carbocycles. The minimum Gasteiger partial charge on any atom is -0.373 e. The summed E-state index contributed by atoms with van der Waals surface area (Å²) in [5.74, 6) is 0.287. The summed E-state index contributed by atoms with van der Waals surface area (Å²) in [5.41, 5.74) is 2.09. The number of amides is 2. The number of carbonyl (C=O) groups is 1. The van der Waals surface area contributed by atoms with Gasteiger partial charge in [0.05, 0.1) is 11.8 Å². The van der Waals surface area contributed by atoms with E-state index in [1.807, 2.05) is 30.5 Å². The van der Waals surface area contributed by atoms with Crippen molar-refractivity contribution in [1.82, 2.24) is 10.3 Å². The highest BCUT2D eigenvalue weighted by molar-refractivity contribution is 7.13. The van der Waals surface area contributed by atoms with Gasteiger partial charge < -0.3 is 10.1 Å². The van der Waals surface area contributed by atoms with Gasteiger partial charge in [-0.3, -0.25) is 5.32 Å². The molecule has 1 fully saturated rings. The van der Waals surface area contributed by atoms with Gasteiger partial charge in [0, 0.05) is 24.4 Å². The van der Waals surface area contributed by atoms with Crippen LogP contribution in [0.15, 0.2) is 35.7 Å². The molecule has 0 radical (unpaired) electrons. The Morgan fingerprint density at radius 2 is 2.22 bits per heavy atom. The van der Waals surface area contributed by atoms with E-state index in [1.54, 1.807) is 0 Å². The fourth-order valence-electron chi connectivity index (χ4n) is 2.84. The summed E-state index contributed by atoms with van der Waals surface area (Å²) in [7, 11) is 0. The second-order valence-electron chi connectivity index (χ2n) is 5.73. The molecule has 2 atom stereocenters. The van der Waals surface area contributed by atoms with E-state index >= 15 is 0 Å². The summed E-state index contributed by atoms with van der Waals surface area (Å²) in [4.78, 5) is 16.2. The van der Waals surface area contributed by atoms with Crippen LogP contribution in [-0.2, 0) is 4.74 Å². The van der Waals surface area contributed by atoms with Crippen LogP contribution in [0.1, 0.15) is 30.2 Å². The monoisotopic (exact) mass is 331 g/mol. The number of anilines is 1. The fourth-order valence-corrected chi connectivity index (χ4v) is 3.52. The molecule has 0 spiro atoms. The van der Waals surface area contributed by atoms with Gasteiger partial charge in [-0.1, -0.05) is 30.3 Å². The lowest BCUT2D eigenvalue weighted by atomic mass is 9.89. The topological polar surface area (TPSA) is 63.2 Å². The van der Waals surface area contributed by atoms with Crippen molar-refractivity contribution in [3.8, 4) is 0 Å². The summed E-state index contributed by atoms with van der Waals surface area (Å²) in [6.07, 6.45) is 2.13. The van der Waals surface area contributed by atoms with Crippen molar-refractivity contribution in [3.63, 3.8) is 0 Å². The smallest absolute Gasteiger partial charge is 0.321 e. The Balaban J connectivity index is 1.56. The van der Waals surface area contributed by atoms with Crippen molar-refractivity contribution >= 4 is 22.5 Å². The highest BCUT2D eigenvalue weighted by Gasteiger charge is 2.27.